The highest BCUT2D eigenvalue weighted by Gasteiger charge is 2.14. The Kier molecular flexibility index (Phi) is 6.02. The minimum atomic E-state index is -0.782. The van der Waals surface area contributed by atoms with E-state index in [1.165, 1.54) is 0 Å². The number of allylic oxidation sites excluding steroid dienone is 2. The lowest BCUT2D eigenvalue weighted by molar-refractivity contribution is 0.363. The van der Waals surface area contributed by atoms with Gasteiger partial charge < -0.3 is 4.74 Å². The summed E-state index contributed by atoms with van der Waals surface area (Å²) in [7, 11) is 0. The third-order valence-corrected chi connectivity index (χ3v) is 4.47. The molecule has 0 unspecified atom stereocenters. The topological polar surface area (TPSA) is 9.23 Å². The minimum Gasteiger partial charge on any atom is -0.490 e. The van der Waals surface area contributed by atoms with Gasteiger partial charge in [-0.05, 0) is 66.1 Å². The summed E-state index contributed by atoms with van der Waals surface area (Å²) in [5, 5.41) is 1.01. The van der Waals surface area contributed by atoms with E-state index in [9.17, 15) is 8.78 Å². The van der Waals surface area contributed by atoms with E-state index in [1.54, 1.807) is 18.2 Å². The summed E-state index contributed by atoms with van der Waals surface area (Å²) in [6.07, 6.45) is 6.72. The lowest BCUT2D eigenvalue weighted by atomic mass is 9.98. The maximum atomic E-state index is 14.6. The van der Waals surface area contributed by atoms with Crippen LogP contribution in [0, 0.1) is 11.6 Å². The van der Waals surface area contributed by atoms with Crippen molar-refractivity contribution in [3.8, 4) is 16.9 Å². The lowest BCUT2D eigenvalue weighted by Crippen LogP contribution is -1.96. The second-order valence-corrected chi connectivity index (χ2v) is 6.33. The highest BCUT2D eigenvalue weighted by Crippen LogP contribution is 2.30. The fourth-order valence-electron chi connectivity index (χ4n) is 3.05. The average Bonchev–Trinajstić information content (AvgIpc) is 2.70. The fraction of sp³-hybridized carbons (Fsp3) is 0.167. The number of halogens is 2. The van der Waals surface area contributed by atoms with E-state index in [0.717, 1.165) is 16.9 Å². The molecule has 0 aliphatic heterocycles. The predicted octanol–water partition coefficient (Wildman–Crippen LogP) is 6.86. The molecule has 0 aliphatic carbocycles. The van der Waals surface area contributed by atoms with E-state index in [1.807, 2.05) is 55.5 Å². The van der Waals surface area contributed by atoms with E-state index >= 15 is 0 Å². The smallest absolute Gasteiger partial charge is 0.166 e. The molecule has 0 saturated carbocycles. The molecule has 27 heavy (non-hydrogen) atoms. The van der Waals surface area contributed by atoms with E-state index in [4.69, 9.17) is 4.74 Å². The first-order valence-electron chi connectivity index (χ1n) is 9.00. The molecule has 1 nitrogen and oxygen atoms in total. The molecule has 0 atom stereocenters. The van der Waals surface area contributed by atoms with Crippen LogP contribution in [0.2, 0.25) is 0 Å². The molecule has 0 spiro atoms. The molecule has 0 amide bonds. The Balaban J connectivity index is 1.94. The van der Waals surface area contributed by atoms with Crippen molar-refractivity contribution >= 4 is 10.8 Å². The van der Waals surface area contributed by atoms with Gasteiger partial charge in [-0.15, -0.1) is 0 Å². The van der Waals surface area contributed by atoms with E-state index in [2.05, 4.69) is 6.58 Å². The van der Waals surface area contributed by atoms with Crippen molar-refractivity contribution in [1.82, 2.24) is 0 Å². The van der Waals surface area contributed by atoms with Crippen LogP contribution >= 0.6 is 0 Å². The number of hydrogen-bond acceptors (Lipinski definition) is 1. The van der Waals surface area contributed by atoms with E-state index < -0.39 is 11.6 Å². The van der Waals surface area contributed by atoms with Crippen LogP contribution in [0.15, 0.2) is 73.3 Å². The predicted molar refractivity (Wildman–Crippen MR) is 108 cm³/mol. The Hall–Kier alpha value is -2.94. The van der Waals surface area contributed by atoms with Crippen molar-refractivity contribution in [3.63, 3.8) is 0 Å². The molecule has 3 aromatic rings. The molecule has 0 bridgehead atoms. The quantitative estimate of drug-likeness (QED) is 0.416. The Morgan fingerprint density at radius 1 is 0.963 bits per heavy atom. The fourth-order valence-corrected chi connectivity index (χ4v) is 3.05. The van der Waals surface area contributed by atoms with Crippen LogP contribution in [-0.2, 0) is 6.42 Å². The molecule has 0 fully saturated rings. The maximum absolute atomic E-state index is 14.6. The Labute approximate surface area is 158 Å². The third-order valence-electron chi connectivity index (χ3n) is 4.47. The van der Waals surface area contributed by atoms with Crippen molar-refractivity contribution in [2.24, 2.45) is 0 Å². The number of fused-ring (bicyclic) bond motifs is 1. The van der Waals surface area contributed by atoms with Gasteiger partial charge in [-0.1, -0.05) is 49.1 Å². The van der Waals surface area contributed by atoms with Crippen LogP contribution in [-0.4, -0.2) is 6.61 Å². The van der Waals surface area contributed by atoms with Crippen LogP contribution in [0.25, 0.3) is 21.9 Å². The summed E-state index contributed by atoms with van der Waals surface area (Å²) in [5.74, 6) is -0.796. The Morgan fingerprint density at radius 3 is 2.41 bits per heavy atom. The second-order valence-electron chi connectivity index (χ2n) is 6.33. The van der Waals surface area contributed by atoms with Crippen LogP contribution in [0.4, 0.5) is 8.78 Å². The zero-order valence-corrected chi connectivity index (χ0v) is 15.3. The Bertz CT molecular complexity index is 972. The van der Waals surface area contributed by atoms with Gasteiger partial charge in [0.2, 0.25) is 0 Å². The van der Waals surface area contributed by atoms with Gasteiger partial charge in [0.15, 0.2) is 11.6 Å². The van der Waals surface area contributed by atoms with Gasteiger partial charge in [0.05, 0.1) is 0 Å². The summed E-state index contributed by atoms with van der Waals surface area (Å²) in [4.78, 5) is 0. The average molecular weight is 364 g/mol. The first kappa shape index (κ1) is 18.8. The van der Waals surface area contributed by atoms with Crippen molar-refractivity contribution in [1.29, 1.82) is 0 Å². The number of aryl methyl sites for hydroxylation is 1. The Morgan fingerprint density at radius 2 is 1.70 bits per heavy atom. The molecule has 0 aliphatic rings. The molecule has 0 N–H and O–H groups in total. The first-order valence-corrected chi connectivity index (χ1v) is 9.00. The molecule has 0 radical (unpaired) electrons. The second kappa shape index (κ2) is 8.63. The zero-order chi connectivity index (χ0) is 19.2. The van der Waals surface area contributed by atoms with Gasteiger partial charge in [0.25, 0.3) is 0 Å². The van der Waals surface area contributed by atoms with Gasteiger partial charge in [-0.2, -0.15) is 0 Å². The van der Waals surface area contributed by atoms with Gasteiger partial charge >= 0.3 is 0 Å². The summed E-state index contributed by atoms with van der Waals surface area (Å²) in [5.41, 5.74) is 2.16. The molecule has 0 heterocycles. The van der Waals surface area contributed by atoms with Gasteiger partial charge in [-0.25, -0.2) is 8.78 Å². The zero-order valence-electron chi connectivity index (χ0n) is 15.3. The molecule has 3 heteroatoms. The van der Waals surface area contributed by atoms with Gasteiger partial charge in [0.1, 0.15) is 12.4 Å². The van der Waals surface area contributed by atoms with Crippen molar-refractivity contribution in [3.05, 3.63) is 90.5 Å². The van der Waals surface area contributed by atoms with E-state index in [0.29, 0.717) is 35.8 Å². The van der Waals surface area contributed by atoms with Crippen LogP contribution < -0.4 is 4.74 Å². The minimum absolute atomic E-state index is 0.298. The highest BCUT2D eigenvalue weighted by atomic mass is 19.2. The largest absolute Gasteiger partial charge is 0.490 e. The third kappa shape index (κ3) is 4.25. The van der Waals surface area contributed by atoms with Crippen LogP contribution in [0.5, 0.6) is 5.75 Å². The van der Waals surface area contributed by atoms with Crippen molar-refractivity contribution in [2.75, 3.05) is 6.61 Å². The normalized spacial score (nSPS) is 11.2. The maximum Gasteiger partial charge on any atom is 0.166 e. The van der Waals surface area contributed by atoms with Gasteiger partial charge in [0, 0.05) is 5.39 Å². The molecule has 3 rings (SSSR count). The van der Waals surface area contributed by atoms with Gasteiger partial charge in [-0.3, -0.25) is 0 Å². The highest BCUT2D eigenvalue weighted by molar-refractivity contribution is 5.88. The number of hydrogen-bond donors (Lipinski definition) is 0. The first-order chi connectivity index (χ1) is 13.1. The lowest BCUT2D eigenvalue weighted by Gasteiger charge is -2.10. The summed E-state index contributed by atoms with van der Waals surface area (Å²) >= 11 is 0. The summed E-state index contributed by atoms with van der Waals surface area (Å²) in [6.45, 7) is 5.97. The van der Waals surface area contributed by atoms with Crippen molar-refractivity contribution < 1.29 is 13.5 Å². The molecule has 0 aromatic heterocycles. The standard InChI is InChI=1S/C24H22F2O/c1-3-5-6-7-20-15-19-9-8-18(16-22(19)24(26)23(20)25)17-10-12-21(13-11-17)27-14-4-2/h3-5,8-13,15-16H,2,6-7,14H2,1H3/b5-3+. The molecule has 138 valence electrons. The number of benzene rings is 3. The molecule has 3 aromatic carbocycles. The number of rotatable bonds is 7. The van der Waals surface area contributed by atoms with Crippen molar-refractivity contribution in [2.45, 2.75) is 19.8 Å². The molecular formula is C24H22F2O. The summed E-state index contributed by atoms with van der Waals surface area (Å²) in [6, 6.07) is 14.7. The van der Waals surface area contributed by atoms with Crippen LogP contribution in [0.1, 0.15) is 18.9 Å². The SMILES string of the molecule is C=CCOc1ccc(-c2ccc3cc(CC/C=C/C)c(F)c(F)c3c2)cc1. The van der Waals surface area contributed by atoms with Crippen LogP contribution in [0.3, 0.4) is 0 Å². The molecule has 0 saturated heterocycles. The summed E-state index contributed by atoms with van der Waals surface area (Å²) < 4.78 is 34.6. The van der Waals surface area contributed by atoms with E-state index in [-0.39, 0.29) is 0 Å². The molecular weight excluding hydrogens is 342 g/mol. The monoisotopic (exact) mass is 364 g/mol. The number of ether oxygens (including phenoxy) is 1.